The second-order valence-corrected chi connectivity index (χ2v) is 12.9. The van der Waals surface area contributed by atoms with Crippen molar-refractivity contribution in [3.63, 3.8) is 0 Å². The van der Waals surface area contributed by atoms with Crippen molar-refractivity contribution in [2.75, 3.05) is 55.7 Å². The summed E-state index contributed by atoms with van der Waals surface area (Å²) < 4.78 is 6.89. The van der Waals surface area contributed by atoms with E-state index in [1.807, 2.05) is 38.1 Å². The fourth-order valence-corrected chi connectivity index (χ4v) is 8.01. The van der Waals surface area contributed by atoms with Crippen LogP contribution in [-0.4, -0.2) is 95.7 Å². The zero-order valence-electron chi connectivity index (χ0n) is 27.9. The lowest BCUT2D eigenvalue weighted by atomic mass is 9.66. The first-order chi connectivity index (χ1) is 21.7. The number of rotatable bonds is 18. The van der Waals surface area contributed by atoms with Crippen molar-refractivity contribution in [3.05, 3.63) is 49.6 Å². The lowest BCUT2D eigenvalue weighted by Gasteiger charge is -2.37. The summed E-state index contributed by atoms with van der Waals surface area (Å²) in [7, 11) is 0. The average molecular weight is 623 g/mol. The van der Waals surface area contributed by atoms with E-state index in [1.54, 1.807) is 26.9 Å². The number of amides is 3. The van der Waals surface area contributed by atoms with Gasteiger partial charge in [-0.1, -0.05) is 31.9 Å². The van der Waals surface area contributed by atoms with Crippen LogP contribution in [-0.2, 0) is 19.1 Å². The molecule has 5 atom stereocenters. The molecular formula is C36H54N4O5. The lowest BCUT2D eigenvalue weighted by Crippen LogP contribution is -2.56. The van der Waals surface area contributed by atoms with Crippen LogP contribution in [0, 0.1) is 11.8 Å². The first-order valence-electron chi connectivity index (χ1n) is 17.0. The smallest absolute Gasteiger partial charge is 0.253 e. The molecule has 4 rings (SSSR count). The summed E-state index contributed by atoms with van der Waals surface area (Å²) in [5.74, 6) is -1.85. The highest BCUT2D eigenvalue weighted by Gasteiger charge is 2.78. The first-order valence-corrected chi connectivity index (χ1v) is 17.0. The molecule has 9 heteroatoms. The van der Waals surface area contributed by atoms with E-state index in [0.717, 1.165) is 43.7 Å². The van der Waals surface area contributed by atoms with E-state index in [2.05, 4.69) is 31.9 Å². The Kier molecular flexibility index (Phi) is 11.5. The van der Waals surface area contributed by atoms with Crippen molar-refractivity contribution >= 4 is 29.1 Å². The van der Waals surface area contributed by atoms with Gasteiger partial charge in [-0.25, -0.2) is 0 Å². The largest absolute Gasteiger partial charge is 0.396 e. The lowest BCUT2D eigenvalue weighted by molar-refractivity contribution is -0.149. The van der Waals surface area contributed by atoms with Crippen LogP contribution in [0.25, 0.3) is 0 Å². The third-order valence-corrected chi connectivity index (χ3v) is 10.1. The number of hydrogen-bond acceptors (Lipinski definition) is 6. The van der Waals surface area contributed by atoms with Crippen molar-refractivity contribution < 1.29 is 24.2 Å². The first kappa shape index (κ1) is 34.7. The maximum Gasteiger partial charge on any atom is 0.253 e. The minimum Gasteiger partial charge on any atom is -0.396 e. The van der Waals surface area contributed by atoms with Gasteiger partial charge >= 0.3 is 0 Å². The Morgan fingerprint density at radius 3 is 2.22 bits per heavy atom. The summed E-state index contributed by atoms with van der Waals surface area (Å²) in [5, 5.41) is 9.25. The molecule has 0 aromatic heterocycles. The number of hydrogen-bond donors (Lipinski definition) is 1. The molecule has 1 aromatic carbocycles. The van der Waals surface area contributed by atoms with Gasteiger partial charge in [-0.15, -0.1) is 13.2 Å². The molecule has 3 fully saturated rings. The molecule has 2 unspecified atom stereocenters. The zero-order chi connectivity index (χ0) is 32.8. The Morgan fingerprint density at radius 1 is 0.978 bits per heavy atom. The van der Waals surface area contributed by atoms with E-state index in [4.69, 9.17) is 4.74 Å². The number of nitrogens with zero attached hydrogens (tertiary/aromatic N) is 4. The molecule has 45 heavy (non-hydrogen) atoms. The fourth-order valence-electron chi connectivity index (χ4n) is 8.01. The molecule has 3 aliphatic rings. The SMILES string of the molecule is C=CCN(CCC)C(=O)[C@@H]1[C@H]2C(=O)N(CCCCCCO)C(C(=O)N(CC=C)c3ccc(N(CC)CC)cc3)C23CC[C@@]1(C)O3. The van der Waals surface area contributed by atoms with Crippen molar-refractivity contribution in [2.45, 2.75) is 89.9 Å². The van der Waals surface area contributed by atoms with Crippen LogP contribution in [0.2, 0.25) is 0 Å². The maximum atomic E-state index is 14.9. The van der Waals surface area contributed by atoms with Crippen LogP contribution < -0.4 is 9.80 Å². The third-order valence-electron chi connectivity index (χ3n) is 10.1. The van der Waals surface area contributed by atoms with Gasteiger partial charge in [0.25, 0.3) is 5.91 Å². The minimum absolute atomic E-state index is 0.0925. The molecular weight excluding hydrogens is 568 g/mol. The van der Waals surface area contributed by atoms with Crippen LogP contribution in [0.1, 0.15) is 72.6 Å². The monoisotopic (exact) mass is 622 g/mol. The van der Waals surface area contributed by atoms with Gasteiger partial charge in [0.2, 0.25) is 11.8 Å². The number of ether oxygens (including phenoxy) is 1. The number of aliphatic hydroxyl groups is 1. The number of carbonyl (C=O) groups excluding carboxylic acids is 3. The van der Waals surface area contributed by atoms with Crippen molar-refractivity contribution in [2.24, 2.45) is 11.8 Å². The van der Waals surface area contributed by atoms with Crippen LogP contribution in [0.15, 0.2) is 49.6 Å². The van der Waals surface area contributed by atoms with E-state index < -0.39 is 29.1 Å². The molecule has 9 nitrogen and oxygen atoms in total. The Morgan fingerprint density at radius 2 is 1.62 bits per heavy atom. The average Bonchev–Trinajstić information content (AvgIpc) is 3.60. The Bertz CT molecular complexity index is 1220. The Balaban J connectivity index is 1.74. The van der Waals surface area contributed by atoms with Crippen molar-refractivity contribution in [3.8, 4) is 0 Å². The van der Waals surface area contributed by atoms with E-state index in [-0.39, 0.29) is 30.9 Å². The molecule has 1 N–H and O–H groups in total. The fraction of sp³-hybridized carbons (Fsp3) is 0.639. The summed E-state index contributed by atoms with van der Waals surface area (Å²) >= 11 is 0. The Labute approximate surface area is 269 Å². The van der Waals surface area contributed by atoms with E-state index in [9.17, 15) is 19.5 Å². The van der Waals surface area contributed by atoms with Gasteiger partial charge in [-0.05, 0) is 77.1 Å². The van der Waals surface area contributed by atoms with Gasteiger partial charge in [0.15, 0.2) is 0 Å². The van der Waals surface area contributed by atoms with Gasteiger partial charge < -0.3 is 29.4 Å². The zero-order valence-corrected chi connectivity index (χ0v) is 27.9. The second kappa shape index (κ2) is 14.9. The number of anilines is 2. The molecule has 0 saturated carbocycles. The van der Waals surface area contributed by atoms with Gasteiger partial charge in [0, 0.05) is 57.3 Å². The minimum atomic E-state index is -1.08. The molecule has 3 heterocycles. The molecule has 0 radical (unpaired) electrons. The Hall–Kier alpha value is -3.17. The van der Waals surface area contributed by atoms with E-state index in [0.29, 0.717) is 45.3 Å². The van der Waals surface area contributed by atoms with Crippen LogP contribution >= 0.6 is 0 Å². The number of carbonyl (C=O) groups is 3. The topological polar surface area (TPSA) is 93.6 Å². The highest BCUT2D eigenvalue weighted by Crippen LogP contribution is 2.63. The maximum absolute atomic E-state index is 14.9. The van der Waals surface area contributed by atoms with Gasteiger partial charge in [-0.2, -0.15) is 0 Å². The second-order valence-electron chi connectivity index (χ2n) is 12.9. The molecule has 1 aromatic rings. The standard InChI is InChI=1S/C36H54N4O5/c1-7-22-38(23-8-2)32(42)29-30-33(43)40(25-14-12-13-15-26-41)31(36(30)21-20-35(29,6)45-36)34(44)39(24-9-3)28-18-16-27(17-19-28)37(10-4)11-5/h7,9,16-19,29-31,41H,1,3,8,10-15,20-26H2,2,4-6H3/t29-,30-,31?,35+,36?/m0/s1. The summed E-state index contributed by atoms with van der Waals surface area (Å²) in [6.45, 7) is 19.5. The molecule has 3 saturated heterocycles. The predicted molar refractivity (Wildman–Crippen MR) is 179 cm³/mol. The number of benzene rings is 1. The number of aliphatic hydroxyl groups excluding tert-OH is 1. The molecule has 1 spiro atoms. The molecule has 248 valence electrons. The quantitative estimate of drug-likeness (QED) is 0.187. The predicted octanol–water partition coefficient (Wildman–Crippen LogP) is 4.79. The number of unbranched alkanes of at least 4 members (excludes halogenated alkanes) is 3. The van der Waals surface area contributed by atoms with Gasteiger partial charge in [0.05, 0.1) is 17.4 Å². The van der Waals surface area contributed by atoms with E-state index >= 15 is 0 Å². The highest BCUT2D eigenvalue weighted by atomic mass is 16.5. The van der Waals surface area contributed by atoms with Gasteiger partial charge in [0.1, 0.15) is 11.6 Å². The number of fused-ring (bicyclic) bond motifs is 1. The highest BCUT2D eigenvalue weighted by molar-refractivity contribution is 6.05. The van der Waals surface area contributed by atoms with Crippen LogP contribution in [0.3, 0.4) is 0 Å². The normalized spacial score (nSPS) is 26.6. The number of likely N-dealkylation sites (tertiary alicyclic amines) is 1. The molecule has 2 bridgehead atoms. The summed E-state index contributed by atoms with van der Waals surface area (Å²) in [6, 6.07) is 7.12. The molecule has 3 aliphatic heterocycles. The summed E-state index contributed by atoms with van der Waals surface area (Å²) in [5.41, 5.74) is -0.0962. The third kappa shape index (κ3) is 6.43. The summed E-state index contributed by atoms with van der Waals surface area (Å²) in [6.07, 6.45) is 8.44. The summed E-state index contributed by atoms with van der Waals surface area (Å²) in [4.78, 5) is 51.0. The van der Waals surface area contributed by atoms with Crippen molar-refractivity contribution in [1.82, 2.24) is 9.80 Å². The van der Waals surface area contributed by atoms with Crippen LogP contribution in [0.4, 0.5) is 11.4 Å². The van der Waals surface area contributed by atoms with Crippen molar-refractivity contribution in [1.29, 1.82) is 0 Å². The van der Waals surface area contributed by atoms with Crippen LogP contribution in [0.5, 0.6) is 0 Å². The molecule has 3 amide bonds. The van der Waals surface area contributed by atoms with E-state index in [1.165, 1.54) is 0 Å². The van der Waals surface area contributed by atoms with Gasteiger partial charge in [-0.3, -0.25) is 14.4 Å². The molecule has 0 aliphatic carbocycles.